The van der Waals surface area contributed by atoms with Crippen LogP contribution in [0.5, 0.6) is 5.75 Å². The number of nitrogens with one attached hydrogen (secondary N) is 1. The van der Waals surface area contributed by atoms with Crippen molar-refractivity contribution < 1.29 is 13.5 Å². The van der Waals surface area contributed by atoms with Crippen molar-refractivity contribution in [2.24, 2.45) is 0 Å². The van der Waals surface area contributed by atoms with E-state index in [0.717, 1.165) is 14.6 Å². The lowest BCUT2D eigenvalue weighted by Crippen LogP contribution is -2.07. The summed E-state index contributed by atoms with van der Waals surface area (Å²) in [5, 5.41) is 3.74. The van der Waals surface area contributed by atoms with E-state index in [2.05, 4.69) is 41.9 Å². The second-order valence-corrected chi connectivity index (χ2v) is 6.29. The lowest BCUT2D eigenvalue weighted by Gasteiger charge is -2.13. The van der Waals surface area contributed by atoms with Crippen molar-refractivity contribution in [1.82, 2.24) is 0 Å². The van der Waals surface area contributed by atoms with Gasteiger partial charge in [0.15, 0.2) is 0 Å². The third-order valence-electron chi connectivity index (χ3n) is 2.64. The molecule has 7 heteroatoms. The Hall–Kier alpha value is -0.850. The minimum atomic E-state index is -2.85. The van der Waals surface area contributed by atoms with Crippen LogP contribution in [0.3, 0.4) is 0 Å². The predicted octanol–water partition coefficient (Wildman–Crippen LogP) is 6.08. The Morgan fingerprint density at radius 1 is 1.14 bits per heavy atom. The Morgan fingerprint density at radius 3 is 2.57 bits per heavy atom. The first-order valence-corrected chi connectivity index (χ1v) is 7.84. The van der Waals surface area contributed by atoms with Gasteiger partial charge in [0.2, 0.25) is 0 Å². The maximum atomic E-state index is 12.4. The summed E-state index contributed by atoms with van der Waals surface area (Å²) in [6.45, 7) is -2.51. The number of anilines is 1. The zero-order valence-electron chi connectivity index (χ0n) is 10.5. The third-order valence-corrected chi connectivity index (χ3v) is 4.35. The molecule has 0 aromatic heterocycles. The van der Waals surface area contributed by atoms with Gasteiger partial charge < -0.3 is 10.1 Å². The van der Waals surface area contributed by atoms with E-state index in [1.165, 1.54) is 6.07 Å². The van der Waals surface area contributed by atoms with Crippen LogP contribution in [-0.4, -0.2) is 6.61 Å². The molecule has 0 saturated heterocycles. The van der Waals surface area contributed by atoms with Crippen molar-refractivity contribution in [2.75, 3.05) is 5.32 Å². The maximum Gasteiger partial charge on any atom is 0.387 e. The lowest BCUT2D eigenvalue weighted by molar-refractivity contribution is -0.0504. The minimum absolute atomic E-state index is 0.147. The number of alkyl halides is 2. The molecule has 0 fully saturated rings. The molecule has 0 atom stereocenters. The summed E-state index contributed by atoms with van der Waals surface area (Å²) in [6.07, 6.45) is 0. The molecule has 0 aliphatic heterocycles. The normalized spacial score (nSPS) is 10.8. The Balaban J connectivity index is 2.14. The molecule has 0 aliphatic carbocycles. The van der Waals surface area contributed by atoms with Gasteiger partial charge in [0, 0.05) is 26.7 Å². The monoisotopic (exact) mass is 439 g/mol. The molecule has 21 heavy (non-hydrogen) atoms. The van der Waals surface area contributed by atoms with Crippen LogP contribution in [0.25, 0.3) is 0 Å². The molecule has 2 aromatic rings. The number of benzene rings is 2. The molecular weight excluding hydrogens is 431 g/mol. The summed E-state index contributed by atoms with van der Waals surface area (Å²) < 4.78 is 30.8. The molecule has 2 rings (SSSR count). The summed E-state index contributed by atoms with van der Waals surface area (Å²) in [5.74, 6) is 0.147. The molecule has 0 saturated carbocycles. The van der Waals surface area contributed by atoms with Gasteiger partial charge in [-0.25, -0.2) is 0 Å². The number of ether oxygens (including phenoxy) is 1. The van der Waals surface area contributed by atoms with Gasteiger partial charge >= 0.3 is 6.61 Å². The van der Waals surface area contributed by atoms with Crippen LogP contribution in [0.15, 0.2) is 45.3 Å². The molecule has 0 bridgehead atoms. The number of hydrogen-bond donors (Lipinski definition) is 1. The summed E-state index contributed by atoms with van der Waals surface area (Å²) in [6, 6.07) is 10.2. The first-order chi connectivity index (χ1) is 9.95. The molecule has 2 nitrogen and oxygen atoms in total. The maximum absolute atomic E-state index is 12.4. The summed E-state index contributed by atoms with van der Waals surface area (Å²) >= 11 is 12.6. The van der Waals surface area contributed by atoms with Crippen LogP contribution < -0.4 is 10.1 Å². The molecule has 0 heterocycles. The third kappa shape index (κ3) is 4.83. The van der Waals surface area contributed by atoms with Crippen molar-refractivity contribution in [3.05, 3.63) is 55.9 Å². The van der Waals surface area contributed by atoms with E-state index < -0.39 is 6.61 Å². The van der Waals surface area contributed by atoms with E-state index >= 15 is 0 Å². The van der Waals surface area contributed by atoms with Crippen LogP contribution in [0.2, 0.25) is 5.02 Å². The highest BCUT2D eigenvalue weighted by Gasteiger charge is 2.10. The molecule has 1 N–H and O–H groups in total. The van der Waals surface area contributed by atoms with Gasteiger partial charge in [0.25, 0.3) is 0 Å². The van der Waals surface area contributed by atoms with Gasteiger partial charge in [-0.3, -0.25) is 0 Å². The predicted molar refractivity (Wildman–Crippen MR) is 87.3 cm³/mol. The largest absolute Gasteiger partial charge is 0.434 e. The van der Waals surface area contributed by atoms with Crippen LogP contribution in [0.4, 0.5) is 14.5 Å². The van der Waals surface area contributed by atoms with Gasteiger partial charge in [0.05, 0.1) is 5.02 Å². The number of halogens is 5. The first kappa shape index (κ1) is 16.5. The zero-order valence-corrected chi connectivity index (χ0v) is 14.5. The van der Waals surface area contributed by atoms with E-state index in [1.807, 2.05) is 6.07 Å². The van der Waals surface area contributed by atoms with Crippen molar-refractivity contribution in [3.63, 3.8) is 0 Å². The van der Waals surface area contributed by atoms with Crippen LogP contribution in [-0.2, 0) is 6.54 Å². The molecule has 0 spiro atoms. The van der Waals surface area contributed by atoms with Crippen LogP contribution in [0.1, 0.15) is 5.56 Å². The average Bonchev–Trinajstić information content (AvgIpc) is 2.42. The van der Waals surface area contributed by atoms with E-state index in [4.69, 9.17) is 11.6 Å². The molecule has 0 radical (unpaired) electrons. The smallest absolute Gasteiger partial charge is 0.387 e. The molecule has 0 aliphatic rings. The van der Waals surface area contributed by atoms with Crippen molar-refractivity contribution in [3.8, 4) is 5.75 Å². The van der Waals surface area contributed by atoms with E-state index in [0.29, 0.717) is 17.1 Å². The second kappa shape index (κ2) is 7.42. The van der Waals surface area contributed by atoms with E-state index in [1.54, 1.807) is 24.3 Å². The van der Waals surface area contributed by atoms with Crippen molar-refractivity contribution >= 4 is 49.1 Å². The highest BCUT2D eigenvalue weighted by Crippen LogP contribution is 2.28. The van der Waals surface area contributed by atoms with Crippen LogP contribution in [0, 0.1) is 0 Å². The van der Waals surface area contributed by atoms with Crippen LogP contribution >= 0.6 is 43.5 Å². The zero-order chi connectivity index (χ0) is 15.4. The first-order valence-electron chi connectivity index (χ1n) is 5.88. The minimum Gasteiger partial charge on any atom is -0.434 e. The lowest BCUT2D eigenvalue weighted by atomic mass is 10.2. The highest BCUT2D eigenvalue weighted by atomic mass is 79.9. The van der Waals surface area contributed by atoms with Gasteiger partial charge in [-0.05, 0) is 52.3 Å². The standard InChI is InChI=1S/C14H10Br2ClF2NO/c15-9-1-4-13(21-14(18)19)8(5-9)7-20-10-2-3-12(17)11(16)6-10/h1-6,14,20H,7H2. The second-order valence-electron chi connectivity index (χ2n) is 4.11. The van der Waals surface area contributed by atoms with Gasteiger partial charge in [-0.15, -0.1) is 0 Å². The molecular formula is C14H10Br2ClF2NO. The Morgan fingerprint density at radius 2 is 1.90 bits per heavy atom. The number of hydrogen-bond acceptors (Lipinski definition) is 2. The van der Waals surface area contributed by atoms with Crippen molar-refractivity contribution in [2.45, 2.75) is 13.2 Å². The fraction of sp³-hybridized carbons (Fsp3) is 0.143. The Kier molecular flexibility index (Phi) is 5.84. The molecule has 2 aromatic carbocycles. The fourth-order valence-corrected chi connectivity index (χ4v) is 2.61. The topological polar surface area (TPSA) is 21.3 Å². The molecule has 0 amide bonds. The Labute approximate surface area is 142 Å². The average molecular weight is 441 g/mol. The summed E-state index contributed by atoms with van der Waals surface area (Å²) in [7, 11) is 0. The molecule has 0 unspecified atom stereocenters. The quantitative estimate of drug-likeness (QED) is 0.607. The van der Waals surface area contributed by atoms with Gasteiger partial charge in [0.1, 0.15) is 5.75 Å². The van der Waals surface area contributed by atoms with E-state index in [-0.39, 0.29) is 5.75 Å². The van der Waals surface area contributed by atoms with E-state index in [9.17, 15) is 8.78 Å². The fourth-order valence-electron chi connectivity index (χ4n) is 1.70. The summed E-state index contributed by atoms with van der Waals surface area (Å²) in [5.41, 5.74) is 1.44. The van der Waals surface area contributed by atoms with Gasteiger partial charge in [-0.1, -0.05) is 27.5 Å². The van der Waals surface area contributed by atoms with Crippen molar-refractivity contribution in [1.29, 1.82) is 0 Å². The highest BCUT2D eigenvalue weighted by molar-refractivity contribution is 9.10. The van der Waals surface area contributed by atoms with Gasteiger partial charge in [-0.2, -0.15) is 8.78 Å². The summed E-state index contributed by atoms with van der Waals surface area (Å²) in [4.78, 5) is 0. The molecule has 112 valence electrons. The Bertz CT molecular complexity index is 640. The number of rotatable bonds is 5. The SMILES string of the molecule is FC(F)Oc1ccc(Br)cc1CNc1ccc(Cl)c(Br)c1.